The standard InChI is InChI=1S/C50H96NO8P/c1-6-8-10-12-14-16-18-20-22-24-25-27-28-30-32-34-36-38-40-42-49(52)56-46-48(47-58-60(54,55)57-45-44-51(3,4)5)59-50(53)43-41-39-37-35-33-31-29-26-23-21-19-17-15-13-11-9-7-2/h15,17,21,23,48H,6-14,16,18-20,22,24-47H2,1-5H3/b17-15-,23-21-/t48-/m1/s1. The van der Waals surface area contributed by atoms with Crippen LogP contribution in [0.25, 0.3) is 0 Å². The summed E-state index contributed by atoms with van der Waals surface area (Å²) in [4.78, 5) is 37.7. The van der Waals surface area contributed by atoms with Crippen LogP contribution in [-0.2, 0) is 32.7 Å². The largest absolute Gasteiger partial charge is 0.756 e. The van der Waals surface area contributed by atoms with Crippen molar-refractivity contribution in [2.24, 2.45) is 0 Å². The number of carbonyl (C=O) groups excluding carboxylic acids is 2. The Kier molecular flexibility index (Phi) is 41.7. The number of unbranched alkanes of at least 4 members (excludes halogenated alkanes) is 28. The molecule has 0 rings (SSSR count). The molecule has 0 aliphatic rings. The average molecular weight is 870 g/mol. The Balaban J connectivity index is 4.25. The van der Waals surface area contributed by atoms with E-state index in [-0.39, 0.29) is 32.0 Å². The number of nitrogens with zero attached hydrogens (tertiary/aromatic N) is 1. The number of carbonyl (C=O) groups is 2. The third-order valence-electron chi connectivity index (χ3n) is 11.0. The molecule has 0 spiro atoms. The molecule has 0 fully saturated rings. The zero-order valence-corrected chi connectivity index (χ0v) is 40.8. The topological polar surface area (TPSA) is 111 Å². The lowest BCUT2D eigenvalue weighted by molar-refractivity contribution is -0.870. The first-order valence-corrected chi connectivity index (χ1v) is 26.5. The number of quaternary nitrogens is 1. The van der Waals surface area contributed by atoms with Gasteiger partial charge in [-0.15, -0.1) is 0 Å². The van der Waals surface area contributed by atoms with E-state index in [1.165, 1.54) is 148 Å². The van der Waals surface area contributed by atoms with Crippen molar-refractivity contribution in [2.75, 3.05) is 47.5 Å². The predicted octanol–water partition coefficient (Wildman–Crippen LogP) is 14.1. The molecule has 9 nitrogen and oxygen atoms in total. The zero-order chi connectivity index (χ0) is 44.3. The molecule has 0 saturated heterocycles. The molecule has 2 atom stereocenters. The van der Waals surface area contributed by atoms with Crippen LogP contribution < -0.4 is 4.89 Å². The number of ether oxygens (including phenoxy) is 2. The minimum atomic E-state index is -4.63. The molecule has 0 amide bonds. The Bertz CT molecular complexity index is 1070. The molecule has 10 heteroatoms. The Morgan fingerprint density at radius 2 is 0.900 bits per heavy atom. The van der Waals surface area contributed by atoms with Crippen molar-refractivity contribution in [1.29, 1.82) is 0 Å². The molecule has 0 aromatic carbocycles. The third-order valence-corrected chi connectivity index (χ3v) is 11.9. The summed E-state index contributed by atoms with van der Waals surface area (Å²) in [6.45, 7) is 4.23. The highest BCUT2D eigenvalue weighted by Gasteiger charge is 2.21. The Morgan fingerprint density at radius 3 is 1.35 bits per heavy atom. The first-order chi connectivity index (χ1) is 29.0. The maximum Gasteiger partial charge on any atom is 0.306 e. The molecule has 0 N–H and O–H groups in total. The van der Waals surface area contributed by atoms with E-state index in [2.05, 4.69) is 38.2 Å². The number of likely N-dealkylation sites (N-methyl/N-ethyl adjacent to an activating group) is 1. The number of allylic oxidation sites excluding steroid dienone is 4. The Labute approximate surface area is 370 Å². The van der Waals surface area contributed by atoms with Gasteiger partial charge in [-0.2, -0.15) is 0 Å². The van der Waals surface area contributed by atoms with Crippen molar-refractivity contribution in [3.05, 3.63) is 24.3 Å². The van der Waals surface area contributed by atoms with Gasteiger partial charge in [-0.1, -0.05) is 199 Å². The van der Waals surface area contributed by atoms with Crippen LogP contribution in [0.3, 0.4) is 0 Å². The third kappa shape index (κ3) is 46.0. The highest BCUT2D eigenvalue weighted by atomic mass is 31.2. The molecule has 60 heavy (non-hydrogen) atoms. The van der Waals surface area contributed by atoms with Crippen LogP contribution in [-0.4, -0.2) is 70.0 Å². The zero-order valence-electron chi connectivity index (χ0n) is 39.9. The maximum atomic E-state index is 12.7. The second-order valence-electron chi connectivity index (χ2n) is 18.2. The van der Waals surface area contributed by atoms with Gasteiger partial charge in [-0.05, 0) is 44.9 Å². The van der Waals surface area contributed by atoms with E-state index < -0.39 is 26.5 Å². The van der Waals surface area contributed by atoms with E-state index in [0.29, 0.717) is 17.4 Å². The first-order valence-electron chi connectivity index (χ1n) is 25.0. The summed E-state index contributed by atoms with van der Waals surface area (Å²) in [5.41, 5.74) is 0. The SMILES string of the molecule is CCCCC/C=C\C/C=C\CCCCCCCCCC(=O)O[C@H](COC(=O)CCCCCCCCCCCCCCCCCCCCC)COP(=O)([O-])OCC[N+](C)(C)C. The molecule has 354 valence electrons. The van der Waals surface area contributed by atoms with Gasteiger partial charge < -0.3 is 27.9 Å². The molecule has 0 aliphatic heterocycles. The molecule has 0 aliphatic carbocycles. The summed E-state index contributed by atoms with van der Waals surface area (Å²) < 4.78 is 34.0. The number of phosphoric ester groups is 1. The summed E-state index contributed by atoms with van der Waals surface area (Å²) in [5.74, 6) is -0.832. The van der Waals surface area contributed by atoms with Gasteiger partial charge in [0, 0.05) is 12.8 Å². The second-order valence-corrected chi connectivity index (χ2v) is 19.6. The molecule has 0 bridgehead atoms. The molecule has 0 aromatic heterocycles. The van der Waals surface area contributed by atoms with Crippen molar-refractivity contribution in [1.82, 2.24) is 0 Å². The number of hydrogen-bond acceptors (Lipinski definition) is 8. The van der Waals surface area contributed by atoms with Crippen LogP contribution in [0.1, 0.15) is 232 Å². The van der Waals surface area contributed by atoms with Gasteiger partial charge in [0.25, 0.3) is 7.82 Å². The molecule has 1 unspecified atom stereocenters. The lowest BCUT2D eigenvalue weighted by atomic mass is 10.0. The fourth-order valence-electron chi connectivity index (χ4n) is 7.04. The van der Waals surface area contributed by atoms with Crippen molar-refractivity contribution in [3.8, 4) is 0 Å². The van der Waals surface area contributed by atoms with E-state index in [1.54, 1.807) is 0 Å². The first kappa shape index (κ1) is 58.5. The smallest absolute Gasteiger partial charge is 0.306 e. The summed E-state index contributed by atoms with van der Waals surface area (Å²) in [6.07, 6.45) is 47.7. The van der Waals surface area contributed by atoms with Crippen LogP contribution in [0.4, 0.5) is 0 Å². The van der Waals surface area contributed by atoms with E-state index in [9.17, 15) is 19.0 Å². The van der Waals surface area contributed by atoms with E-state index in [0.717, 1.165) is 51.4 Å². The molecule has 0 radical (unpaired) electrons. The maximum absolute atomic E-state index is 12.7. The van der Waals surface area contributed by atoms with Crippen LogP contribution in [0.2, 0.25) is 0 Å². The Hall–Kier alpha value is -1.51. The van der Waals surface area contributed by atoms with E-state index >= 15 is 0 Å². The molecule has 0 heterocycles. The highest BCUT2D eigenvalue weighted by molar-refractivity contribution is 7.45. The molecular weight excluding hydrogens is 774 g/mol. The minimum absolute atomic E-state index is 0.0304. The van der Waals surface area contributed by atoms with Crippen molar-refractivity contribution in [2.45, 2.75) is 238 Å². The molecule has 0 saturated carbocycles. The van der Waals surface area contributed by atoms with Gasteiger partial charge >= 0.3 is 11.9 Å². The van der Waals surface area contributed by atoms with Crippen LogP contribution in [0.15, 0.2) is 24.3 Å². The van der Waals surface area contributed by atoms with Crippen LogP contribution in [0.5, 0.6) is 0 Å². The fraction of sp³-hybridized carbons (Fsp3) is 0.880. The van der Waals surface area contributed by atoms with Gasteiger partial charge in [0.1, 0.15) is 19.8 Å². The second kappa shape index (κ2) is 42.8. The highest BCUT2D eigenvalue weighted by Crippen LogP contribution is 2.38. The number of phosphoric acid groups is 1. The monoisotopic (exact) mass is 870 g/mol. The van der Waals surface area contributed by atoms with Gasteiger partial charge in [0.05, 0.1) is 27.7 Å². The van der Waals surface area contributed by atoms with Gasteiger partial charge in [0.2, 0.25) is 0 Å². The quantitative estimate of drug-likeness (QED) is 0.0195. The van der Waals surface area contributed by atoms with Gasteiger partial charge in [-0.3, -0.25) is 14.2 Å². The van der Waals surface area contributed by atoms with Gasteiger partial charge in [0.15, 0.2) is 6.10 Å². The predicted molar refractivity (Wildman–Crippen MR) is 250 cm³/mol. The van der Waals surface area contributed by atoms with Gasteiger partial charge in [-0.25, -0.2) is 0 Å². The number of esters is 2. The summed E-state index contributed by atoms with van der Waals surface area (Å²) >= 11 is 0. The number of hydrogen-bond donors (Lipinski definition) is 0. The summed E-state index contributed by atoms with van der Waals surface area (Å²) in [7, 11) is 1.17. The van der Waals surface area contributed by atoms with Crippen molar-refractivity contribution in [3.63, 3.8) is 0 Å². The van der Waals surface area contributed by atoms with Crippen molar-refractivity contribution < 1.29 is 42.1 Å². The average Bonchev–Trinajstić information content (AvgIpc) is 3.20. The summed E-state index contributed by atoms with van der Waals surface area (Å²) in [5, 5.41) is 0. The normalized spacial score (nSPS) is 13.6. The van der Waals surface area contributed by atoms with E-state index in [1.807, 2.05) is 21.1 Å². The molecule has 0 aromatic rings. The van der Waals surface area contributed by atoms with Crippen LogP contribution in [0, 0.1) is 0 Å². The van der Waals surface area contributed by atoms with Crippen molar-refractivity contribution >= 4 is 19.8 Å². The molecular formula is C50H96NO8P. The van der Waals surface area contributed by atoms with E-state index in [4.69, 9.17) is 18.5 Å². The van der Waals surface area contributed by atoms with Crippen LogP contribution >= 0.6 is 7.82 Å². The fourth-order valence-corrected chi connectivity index (χ4v) is 7.77. The summed E-state index contributed by atoms with van der Waals surface area (Å²) in [6, 6.07) is 0. The minimum Gasteiger partial charge on any atom is -0.756 e. The lowest BCUT2D eigenvalue weighted by Crippen LogP contribution is -2.37. The lowest BCUT2D eigenvalue weighted by Gasteiger charge is -2.28. The number of rotatable bonds is 46. The Morgan fingerprint density at radius 1 is 0.517 bits per heavy atom.